The number of nitrogens with two attached hydrogens (primary N) is 1. The molecule has 0 bridgehead atoms. The van der Waals surface area contributed by atoms with Crippen LogP contribution >= 0.6 is 11.6 Å². The fourth-order valence-corrected chi connectivity index (χ4v) is 1.19. The maximum Gasteiger partial charge on any atom is 0.124 e. The summed E-state index contributed by atoms with van der Waals surface area (Å²) in [5.74, 6) is 0.752. The van der Waals surface area contributed by atoms with Crippen LogP contribution in [0.5, 0.6) is 5.75 Å². The molecule has 0 atom stereocenters. The first-order valence-electron chi connectivity index (χ1n) is 3.94. The Labute approximate surface area is 83.0 Å². The van der Waals surface area contributed by atoms with Crippen LogP contribution in [0.15, 0.2) is 24.8 Å². The smallest absolute Gasteiger partial charge is 0.124 e. The number of aryl methyl sites for hydroxylation is 1. The quantitative estimate of drug-likeness (QED) is 0.598. The molecule has 3 heteroatoms. The van der Waals surface area contributed by atoms with Gasteiger partial charge in [0.2, 0.25) is 0 Å². The summed E-state index contributed by atoms with van der Waals surface area (Å²) in [6.45, 7) is 5.96. The van der Waals surface area contributed by atoms with Crippen LogP contribution in [-0.2, 0) is 0 Å². The van der Waals surface area contributed by atoms with Gasteiger partial charge in [-0.05, 0) is 18.6 Å². The van der Waals surface area contributed by atoms with Gasteiger partial charge in [0.15, 0.2) is 0 Å². The number of hydrogen-bond acceptors (Lipinski definition) is 2. The Morgan fingerprint density at radius 2 is 2.31 bits per heavy atom. The number of nitrogen functional groups attached to an aromatic ring is 1. The molecule has 1 aromatic carbocycles. The molecule has 0 fully saturated rings. The molecule has 0 radical (unpaired) electrons. The van der Waals surface area contributed by atoms with E-state index in [-0.39, 0.29) is 0 Å². The molecule has 1 rings (SSSR count). The van der Waals surface area contributed by atoms with E-state index in [9.17, 15) is 0 Å². The zero-order valence-corrected chi connectivity index (χ0v) is 8.27. The van der Waals surface area contributed by atoms with Crippen molar-refractivity contribution >= 4 is 17.3 Å². The van der Waals surface area contributed by atoms with Gasteiger partial charge in [0.1, 0.15) is 12.4 Å². The molecule has 0 unspecified atom stereocenters. The number of halogens is 1. The van der Waals surface area contributed by atoms with Crippen molar-refractivity contribution < 1.29 is 4.74 Å². The van der Waals surface area contributed by atoms with Crippen LogP contribution in [0, 0.1) is 6.92 Å². The van der Waals surface area contributed by atoms with Gasteiger partial charge in [-0.3, -0.25) is 0 Å². The molecule has 0 aliphatic rings. The average Bonchev–Trinajstić information content (AvgIpc) is 2.09. The van der Waals surface area contributed by atoms with Gasteiger partial charge >= 0.3 is 0 Å². The van der Waals surface area contributed by atoms with Gasteiger partial charge in [0.05, 0.1) is 10.7 Å². The molecule has 0 saturated heterocycles. The highest BCUT2D eigenvalue weighted by Crippen LogP contribution is 2.28. The highest BCUT2D eigenvalue weighted by atomic mass is 35.5. The van der Waals surface area contributed by atoms with Gasteiger partial charge < -0.3 is 10.5 Å². The van der Waals surface area contributed by atoms with Crippen LogP contribution in [0.4, 0.5) is 5.69 Å². The van der Waals surface area contributed by atoms with E-state index in [2.05, 4.69) is 6.58 Å². The van der Waals surface area contributed by atoms with E-state index in [1.54, 1.807) is 18.2 Å². The standard InChI is InChI=1S/C10H12ClNO/c1-3-4-13-10-6-9(12)8(11)5-7(10)2/h3,5-6H,1,4,12H2,2H3. The summed E-state index contributed by atoms with van der Waals surface area (Å²) >= 11 is 5.82. The van der Waals surface area contributed by atoms with Crippen LogP contribution in [0.3, 0.4) is 0 Å². The van der Waals surface area contributed by atoms with Crippen molar-refractivity contribution in [1.29, 1.82) is 0 Å². The van der Waals surface area contributed by atoms with Gasteiger partial charge in [-0.25, -0.2) is 0 Å². The number of anilines is 1. The molecule has 1 aromatic rings. The Kier molecular flexibility index (Phi) is 3.20. The normalized spacial score (nSPS) is 9.69. The molecule has 0 aliphatic carbocycles. The minimum absolute atomic E-state index is 0.474. The third-order valence-electron chi connectivity index (χ3n) is 1.65. The molecule has 2 nitrogen and oxygen atoms in total. The summed E-state index contributed by atoms with van der Waals surface area (Å²) in [5.41, 5.74) is 7.13. The van der Waals surface area contributed by atoms with Gasteiger partial charge in [0.25, 0.3) is 0 Å². The molecular formula is C10H12ClNO. The SMILES string of the molecule is C=CCOc1cc(N)c(Cl)cc1C. The van der Waals surface area contributed by atoms with Gasteiger partial charge in [-0.15, -0.1) is 0 Å². The van der Waals surface area contributed by atoms with Crippen molar-refractivity contribution in [2.75, 3.05) is 12.3 Å². The molecule has 0 aromatic heterocycles. The number of rotatable bonds is 3. The second kappa shape index (κ2) is 4.19. The Morgan fingerprint density at radius 3 is 2.92 bits per heavy atom. The van der Waals surface area contributed by atoms with Crippen molar-refractivity contribution in [3.05, 3.63) is 35.4 Å². The van der Waals surface area contributed by atoms with E-state index in [0.29, 0.717) is 17.3 Å². The first-order chi connectivity index (χ1) is 6.15. The molecule has 70 valence electrons. The summed E-state index contributed by atoms with van der Waals surface area (Å²) in [4.78, 5) is 0. The average molecular weight is 198 g/mol. The summed E-state index contributed by atoms with van der Waals surface area (Å²) in [7, 11) is 0. The van der Waals surface area contributed by atoms with Crippen LogP contribution in [-0.4, -0.2) is 6.61 Å². The summed E-state index contributed by atoms with van der Waals surface area (Å²) < 4.78 is 5.37. The second-order valence-electron chi connectivity index (χ2n) is 2.74. The number of ether oxygens (including phenoxy) is 1. The molecule has 0 spiro atoms. The molecule has 2 N–H and O–H groups in total. The van der Waals surface area contributed by atoms with Crippen molar-refractivity contribution in [1.82, 2.24) is 0 Å². The van der Waals surface area contributed by atoms with Crippen LogP contribution in [0.1, 0.15) is 5.56 Å². The first-order valence-corrected chi connectivity index (χ1v) is 4.32. The lowest BCUT2D eigenvalue weighted by Crippen LogP contribution is -1.97. The molecule has 0 saturated carbocycles. The number of benzene rings is 1. The lowest BCUT2D eigenvalue weighted by molar-refractivity contribution is 0.361. The van der Waals surface area contributed by atoms with Crippen LogP contribution in [0.25, 0.3) is 0 Å². The molecule has 0 aliphatic heterocycles. The lowest BCUT2D eigenvalue weighted by Gasteiger charge is -2.08. The van der Waals surface area contributed by atoms with Gasteiger partial charge in [0, 0.05) is 6.07 Å². The van der Waals surface area contributed by atoms with Crippen molar-refractivity contribution in [2.45, 2.75) is 6.92 Å². The van der Waals surface area contributed by atoms with Gasteiger partial charge in [-0.1, -0.05) is 24.3 Å². The fraction of sp³-hybridized carbons (Fsp3) is 0.200. The largest absolute Gasteiger partial charge is 0.489 e. The van der Waals surface area contributed by atoms with Crippen molar-refractivity contribution in [3.8, 4) is 5.75 Å². The minimum atomic E-state index is 0.474. The Bertz CT molecular complexity index is 323. The highest BCUT2D eigenvalue weighted by Gasteiger charge is 2.03. The molecule has 0 heterocycles. The first kappa shape index (κ1) is 9.93. The Balaban J connectivity index is 2.94. The third-order valence-corrected chi connectivity index (χ3v) is 1.98. The van der Waals surface area contributed by atoms with E-state index in [0.717, 1.165) is 11.3 Å². The summed E-state index contributed by atoms with van der Waals surface area (Å²) in [6, 6.07) is 3.51. The number of hydrogen-bond donors (Lipinski definition) is 1. The molecular weight excluding hydrogens is 186 g/mol. The molecule has 13 heavy (non-hydrogen) atoms. The zero-order chi connectivity index (χ0) is 9.84. The Hall–Kier alpha value is -1.15. The van der Waals surface area contributed by atoms with Gasteiger partial charge in [-0.2, -0.15) is 0 Å². The van der Waals surface area contributed by atoms with Crippen molar-refractivity contribution in [2.24, 2.45) is 0 Å². The molecule has 0 amide bonds. The maximum absolute atomic E-state index is 5.82. The predicted octanol–water partition coefficient (Wildman–Crippen LogP) is 2.80. The van der Waals surface area contributed by atoms with E-state index < -0.39 is 0 Å². The van der Waals surface area contributed by atoms with E-state index >= 15 is 0 Å². The summed E-state index contributed by atoms with van der Waals surface area (Å²) in [6.07, 6.45) is 1.68. The van der Waals surface area contributed by atoms with Crippen LogP contribution < -0.4 is 10.5 Å². The maximum atomic E-state index is 5.82. The monoisotopic (exact) mass is 197 g/mol. The Morgan fingerprint density at radius 1 is 1.62 bits per heavy atom. The van der Waals surface area contributed by atoms with E-state index in [1.165, 1.54) is 0 Å². The third kappa shape index (κ3) is 2.39. The topological polar surface area (TPSA) is 35.2 Å². The minimum Gasteiger partial charge on any atom is -0.489 e. The van der Waals surface area contributed by atoms with E-state index in [1.807, 2.05) is 6.92 Å². The lowest BCUT2D eigenvalue weighted by atomic mass is 10.2. The second-order valence-corrected chi connectivity index (χ2v) is 3.15. The zero-order valence-electron chi connectivity index (χ0n) is 7.51. The highest BCUT2D eigenvalue weighted by molar-refractivity contribution is 6.33. The van der Waals surface area contributed by atoms with E-state index in [4.69, 9.17) is 22.1 Å². The fourth-order valence-electron chi connectivity index (χ4n) is 0.973. The van der Waals surface area contributed by atoms with Crippen LogP contribution in [0.2, 0.25) is 5.02 Å². The predicted molar refractivity (Wildman–Crippen MR) is 56.3 cm³/mol. The van der Waals surface area contributed by atoms with Crippen molar-refractivity contribution in [3.63, 3.8) is 0 Å². The summed E-state index contributed by atoms with van der Waals surface area (Å²) in [5, 5.41) is 0.559.